The second kappa shape index (κ2) is 8.96. The number of benzene rings is 1. The molecular weight excluding hydrogens is 445 g/mol. The quantitative estimate of drug-likeness (QED) is 0.362. The molecule has 0 spiro atoms. The summed E-state index contributed by atoms with van der Waals surface area (Å²) in [6.07, 6.45) is -1.82. The fraction of sp³-hybridized carbons (Fsp3) is 0.320. The highest BCUT2D eigenvalue weighted by molar-refractivity contribution is 5.93. The maximum Gasteiger partial charge on any atom is 0.433 e. The molecule has 3 aromatic heterocycles. The van der Waals surface area contributed by atoms with Gasteiger partial charge in [0, 0.05) is 31.1 Å². The molecule has 34 heavy (non-hydrogen) atoms. The molecule has 4 rings (SSSR count). The summed E-state index contributed by atoms with van der Waals surface area (Å²) in [5, 5.41) is 3.98. The molecule has 6 nitrogen and oxygen atoms in total. The van der Waals surface area contributed by atoms with Crippen molar-refractivity contribution in [3.05, 3.63) is 77.0 Å². The van der Waals surface area contributed by atoms with Crippen LogP contribution in [0.25, 0.3) is 16.9 Å². The van der Waals surface area contributed by atoms with Gasteiger partial charge in [-0.15, -0.1) is 0 Å². The van der Waals surface area contributed by atoms with Gasteiger partial charge < -0.3 is 9.32 Å². The predicted octanol–water partition coefficient (Wildman–Crippen LogP) is 5.72. The fourth-order valence-electron chi connectivity index (χ4n) is 3.71. The number of hydrogen-bond acceptors (Lipinski definition) is 4. The highest BCUT2D eigenvalue weighted by atomic mass is 19.4. The molecule has 1 aromatic carbocycles. The van der Waals surface area contributed by atoms with Crippen molar-refractivity contribution in [1.29, 1.82) is 0 Å². The third-order valence-corrected chi connectivity index (χ3v) is 6.11. The molecule has 0 aliphatic rings. The van der Waals surface area contributed by atoms with Crippen LogP contribution in [0, 0.1) is 13.8 Å². The normalized spacial score (nSPS) is 12.8. The van der Waals surface area contributed by atoms with Gasteiger partial charge in [-0.25, -0.2) is 9.50 Å². The number of carbonyl (C=O) groups is 1. The molecule has 9 heteroatoms. The van der Waals surface area contributed by atoms with Gasteiger partial charge in [-0.1, -0.05) is 12.1 Å². The molecule has 0 aliphatic carbocycles. The van der Waals surface area contributed by atoms with Crippen molar-refractivity contribution in [2.75, 3.05) is 7.05 Å². The number of aromatic nitrogens is 3. The molecule has 0 fully saturated rings. The molecule has 0 N–H and O–H groups in total. The van der Waals surface area contributed by atoms with Crippen molar-refractivity contribution >= 4 is 11.6 Å². The minimum atomic E-state index is -4.68. The monoisotopic (exact) mass is 470 g/mol. The average Bonchev–Trinajstić information content (AvgIpc) is 3.46. The SMILES string of the molecule is Cc1ccc(-c2cc(C(F)(F)F)n3nc(C(=O)N(C)[C@H](C)CCc4ccco4)cc3n2)cc1C. The number of halogens is 3. The van der Waals surface area contributed by atoms with Gasteiger partial charge in [0.05, 0.1) is 12.0 Å². The molecule has 1 amide bonds. The van der Waals surface area contributed by atoms with Crippen molar-refractivity contribution in [3.8, 4) is 11.3 Å². The number of furan rings is 1. The van der Waals surface area contributed by atoms with Gasteiger partial charge in [0.1, 0.15) is 5.76 Å². The second-order valence-corrected chi connectivity index (χ2v) is 8.51. The zero-order valence-corrected chi connectivity index (χ0v) is 19.3. The van der Waals surface area contributed by atoms with Crippen LogP contribution in [-0.2, 0) is 12.6 Å². The topological polar surface area (TPSA) is 63.6 Å². The lowest BCUT2D eigenvalue weighted by atomic mass is 10.0. The van der Waals surface area contributed by atoms with Gasteiger partial charge in [-0.2, -0.15) is 18.3 Å². The fourth-order valence-corrected chi connectivity index (χ4v) is 3.71. The summed E-state index contributed by atoms with van der Waals surface area (Å²) in [6.45, 7) is 5.69. The van der Waals surface area contributed by atoms with E-state index in [0.29, 0.717) is 22.9 Å². The maximum absolute atomic E-state index is 13.9. The summed E-state index contributed by atoms with van der Waals surface area (Å²) in [5.74, 6) is 0.330. The van der Waals surface area contributed by atoms with Crippen LogP contribution in [0.2, 0.25) is 0 Å². The standard InChI is InChI=1S/C25H25F3N4O2/c1-15-7-9-18(12-16(15)2)20-13-22(25(26,27)28)32-23(29-20)14-21(30-32)24(33)31(4)17(3)8-10-19-6-5-11-34-19/h5-7,9,11-14,17H,8,10H2,1-4H3/t17-/m1/s1. The minimum absolute atomic E-state index is 0.0389. The van der Waals surface area contributed by atoms with Gasteiger partial charge in [-0.05, 0) is 62.6 Å². The molecule has 0 radical (unpaired) electrons. The number of amides is 1. The Hall–Kier alpha value is -3.62. The largest absolute Gasteiger partial charge is 0.469 e. The van der Waals surface area contributed by atoms with Crippen molar-refractivity contribution < 1.29 is 22.4 Å². The Labute approximate surface area is 195 Å². The lowest BCUT2D eigenvalue weighted by Crippen LogP contribution is -2.35. The van der Waals surface area contributed by atoms with Crippen LogP contribution in [0.4, 0.5) is 13.2 Å². The number of aryl methyl sites for hydroxylation is 3. The smallest absolute Gasteiger partial charge is 0.433 e. The van der Waals surface area contributed by atoms with Gasteiger partial charge in [-0.3, -0.25) is 4.79 Å². The summed E-state index contributed by atoms with van der Waals surface area (Å²) in [4.78, 5) is 18.9. The third kappa shape index (κ3) is 4.69. The Bertz CT molecular complexity index is 1330. The Balaban J connectivity index is 1.67. The minimum Gasteiger partial charge on any atom is -0.469 e. The predicted molar refractivity (Wildman–Crippen MR) is 121 cm³/mol. The zero-order chi connectivity index (χ0) is 24.6. The van der Waals surface area contributed by atoms with Gasteiger partial charge >= 0.3 is 6.18 Å². The van der Waals surface area contributed by atoms with E-state index < -0.39 is 17.8 Å². The molecule has 1 atom stereocenters. The summed E-state index contributed by atoms with van der Waals surface area (Å²) >= 11 is 0. The van der Waals surface area contributed by atoms with Crippen LogP contribution >= 0.6 is 0 Å². The van der Waals surface area contributed by atoms with Crippen molar-refractivity contribution in [2.45, 2.75) is 45.8 Å². The summed E-state index contributed by atoms with van der Waals surface area (Å²) in [5.41, 5.74) is 1.59. The van der Waals surface area contributed by atoms with E-state index in [1.165, 1.54) is 11.0 Å². The highest BCUT2D eigenvalue weighted by Crippen LogP contribution is 2.33. The van der Waals surface area contributed by atoms with Gasteiger partial charge in [0.15, 0.2) is 17.0 Å². The van der Waals surface area contributed by atoms with E-state index in [9.17, 15) is 18.0 Å². The first-order chi connectivity index (χ1) is 16.0. The number of carbonyl (C=O) groups excluding carboxylic acids is 1. The molecule has 178 valence electrons. The average molecular weight is 470 g/mol. The van der Waals surface area contributed by atoms with E-state index in [-0.39, 0.29) is 23.1 Å². The number of hydrogen-bond donors (Lipinski definition) is 0. The van der Waals surface area contributed by atoms with E-state index in [2.05, 4.69) is 10.1 Å². The summed E-state index contributed by atoms with van der Waals surface area (Å²) in [6, 6.07) is 11.1. The summed E-state index contributed by atoms with van der Waals surface area (Å²) in [7, 11) is 1.61. The van der Waals surface area contributed by atoms with Crippen LogP contribution in [-0.4, -0.2) is 38.5 Å². The first-order valence-electron chi connectivity index (χ1n) is 10.9. The van der Waals surface area contributed by atoms with E-state index in [0.717, 1.165) is 23.0 Å². The first-order valence-corrected chi connectivity index (χ1v) is 10.9. The number of rotatable bonds is 6. The number of fused-ring (bicyclic) bond motifs is 1. The van der Waals surface area contributed by atoms with E-state index in [4.69, 9.17) is 4.42 Å². The molecule has 0 bridgehead atoms. The molecule has 0 saturated heterocycles. The van der Waals surface area contributed by atoms with Crippen LogP contribution < -0.4 is 0 Å². The molecule has 3 heterocycles. The van der Waals surface area contributed by atoms with E-state index >= 15 is 0 Å². The third-order valence-electron chi connectivity index (χ3n) is 6.11. The Morgan fingerprint density at radius 2 is 1.91 bits per heavy atom. The van der Waals surface area contributed by atoms with Crippen LogP contribution in [0.3, 0.4) is 0 Å². The van der Waals surface area contributed by atoms with Crippen LogP contribution in [0.1, 0.15) is 46.4 Å². The Kier molecular flexibility index (Phi) is 6.20. The Morgan fingerprint density at radius 1 is 1.15 bits per heavy atom. The molecule has 0 aliphatic heterocycles. The summed E-state index contributed by atoms with van der Waals surface area (Å²) < 4.78 is 47.7. The number of alkyl halides is 3. The molecular formula is C25H25F3N4O2. The van der Waals surface area contributed by atoms with E-state index in [1.54, 1.807) is 31.5 Å². The maximum atomic E-state index is 13.9. The Morgan fingerprint density at radius 3 is 2.56 bits per heavy atom. The van der Waals surface area contributed by atoms with Crippen molar-refractivity contribution in [2.24, 2.45) is 0 Å². The first kappa shape index (κ1) is 23.5. The van der Waals surface area contributed by atoms with Gasteiger partial charge in [0.2, 0.25) is 0 Å². The second-order valence-electron chi connectivity index (χ2n) is 8.51. The molecule has 0 unspecified atom stereocenters. The van der Waals surface area contributed by atoms with Crippen LogP contribution in [0.5, 0.6) is 0 Å². The van der Waals surface area contributed by atoms with Crippen molar-refractivity contribution in [3.63, 3.8) is 0 Å². The lowest BCUT2D eigenvalue weighted by molar-refractivity contribution is -0.142. The number of nitrogens with zero attached hydrogens (tertiary/aromatic N) is 4. The van der Waals surface area contributed by atoms with E-state index in [1.807, 2.05) is 32.9 Å². The zero-order valence-electron chi connectivity index (χ0n) is 19.3. The molecule has 4 aromatic rings. The van der Waals surface area contributed by atoms with Crippen molar-refractivity contribution in [1.82, 2.24) is 19.5 Å². The highest BCUT2D eigenvalue weighted by Gasteiger charge is 2.36. The van der Waals surface area contributed by atoms with Gasteiger partial charge in [0.25, 0.3) is 5.91 Å². The van der Waals surface area contributed by atoms with Crippen LogP contribution in [0.15, 0.2) is 53.1 Å². The lowest BCUT2D eigenvalue weighted by Gasteiger charge is -2.23. The molecule has 0 saturated carbocycles.